The lowest BCUT2D eigenvalue weighted by molar-refractivity contribution is -0.134. The van der Waals surface area contributed by atoms with E-state index in [0.717, 1.165) is 0 Å². The van der Waals surface area contributed by atoms with Crippen molar-refractivity contribution in [2.45, 2.75) is 25.3 Å². The summed E-state index contributed by atoms with van der Waals surface area (Å²) in [6.07, 6.45) is 1.21. The standard InChI is InChI=1S/C11H20N2O3/c1-10(7-16-8-10)6-13-9(14)11(12)2-4-15-5-3-11/h2-8,12H2,1H3,(H,13,14). The van der Waals surface area contributed by atoms with Gasteiger partial charge in [0.25, 0.3) is 0 Å². The first-order valence-corrected chi connectivity index (χ1v) is 5.77. The molecule has 5 heteroatoms. The first kappa shape index (κ1) is 11.8. The molecule has 0 aromatic heterocycles. The minimum absolute atomic E-state index is 0.0519. The number of hydrogen-bond donors (Lipinski definition) is 2. The topological polar surface area (TPSA) is 73.6 Å². The molecule has 2 rings (SSSR count). The van der Waals surface area contributed by atoms with Crippen LogP contribution in [-0.2, 0) is 14.3 Å². The van der Waals surface area contributed by atoms with Gasteiger partial charge in [-0.25, -0.2) is 0 Å². The van der Waals surface area contributed by atoms with Crippen LogP contribution < -0.4 is 11.1 Å². The van der Waals surface area contributed by atoms with Crippen LogP contribution in [0, 0.1) is 5.41 Å². The molecule has 0 aliphatic carbocycles. The fourth-order valence-corrected chi connectivity index (χ4v) is 1.98. The van der Waals surface area contributed by atoms with Gasteiger partial charge in [-0.3, -0.25) is 4.79 Å². The van der Waals surface area contributed by atoms with Gasteiger partial charge in [0.1, 0.15) is 0 Å². The third-order valence-electron chi connectivity index (χ3n) is 3.41. The van der Waals surface area contributed by atoms with Gasteiger partial charge in [0, 0.05) is 25.2 Å². The smallest absolute Gasteiger partial charge is 0.240 e. The van der Waals surface area contributed by atoms with Crippen LogP contribution in [-0.4, -0.2) is 44.4 Å². The quantitative estimate of drug-likeness (QED) is 0.692. The number of ether oxygens (including phenoxy) is 2. The summed E-state index contributed by atoms with van der Waals surface area (Å²) < 4.78 is 10.4. The summed E-state index contributed by atoms with van der Waals surface area (Å²) in [5.41, 5.74) is 5.43. The highest BCUT2D eigenvalue weighted by molar-refractivity contribution is 5.86. The van der Waals surface area contributed by atoms with Crippen LogP contribution in [0.5, 0.6) is 0 Å². The molecule has 92 valence electrons. The zero-order valence-electron chi connectivity index (χ0n) is 9.75. The molecule has 0 aromatic rings. The monoisotopic (exact) mass is 228 g/mol. The van der Waals surface area contributed by atoms with Crippen LogP contribution in [0.3, 0.4) is 0 Å². The average Bonchev–Trinajstić information content (AvgIpc) is 2.24. The summed E-state index contributed by atoms with van der Waals surface area (Å²) in [6.45, 7) is 5.33. The Hall–Kier alpha value is -0.650. The number of nitrogens with one attached hydrogen (secondary N) is 1. The van der Waals surface area contributed by atoms with Crippen molar-refractivity contribution in [2.75, 3.05) is 33.0 Å². The average molecular weight is 228 g/mol. The van der Waals surface area contributed by atoms with E-state index in [1.165, 1.54) is 0 Å². The molecule has 2 fully saturated rings. The largest absolute Gasteiger partial charge is 0.381 e. The fraction of sp³-hybridized carbons (Fsp3) is 0.909. The van der Waals surface area contributed by atoms with E-state index in [1.54, 1.807) is 0 Å². The van der Waals surface area contributed by atoms with Gasteiger partial charge in [0.2, 0.25) is 5.91 Å². The molecule has 2 aliphatic heterocycles. The second-order valence-corrected chi connectivity index (χ2v) is 5.25. The van der Waals surface area contributed by atoms with E-state index in [4.69, 9.17) is 15.2 Å². The maximum Gasteiger partial charge on any atom is 0.240 e. The van der Waals surface area contributed by atoms with Crippen LogP contribution in [0.2, 0.25) is 0 Å². The van der Waals surface area contributed by atoms with Crippen molar-refractivity contribution in [3.8, 4) is 0 Å². The minimum Gasteiger partial charge on any atom is -0.381 e. The highest BCUT2D eigenvalue weighted by atomic mass is 16.5. The summed E-state index contributed by atoms with van der Waals surface area (Å²) in [7, 11) is 0. The number of nitrogens with two attached hydrogens (primary N) is 1. The van der Waals surface area contributed by atoms with E-state index in [0.29, 0.717) is 45.8 Å². The molecular formula is C11H20N2O3. The lowest BCUT2D eigenvalue weighted by Gasteiger charge is -2.39. The van der Waals surface area contributed by atoms with Crippen LogP contribution in [0.1, 0.15) is 19.8 Å². The Balaban J connectivity index is 1.82. The minimum atomic E-state index is -0.737. The fourth-order valence-electron chi connectivity index (χ4n) is 1.98. The van der Waals surface area contributed by atoms with Crippen molar-refractivity contribution >= 4 is 5.91 Å². The van der Waals surface area contributed by atoms with Crippen LogP contribution >= 0.6 is 0 Å². The van der Waals surface area contributed by atoms with Crippen molar-refractivity contribution in [1.82, 2.24) is 5.32 Å². The zero-order chi connectivity index (χ0) is 11.6. The van der Waals surface area contributed by atoms with Crippen LogP contribution in [0.4, 0.5) is 0 Å². The molecule has 2 saturated heterocycles. The van der Waals surface area contributed by atoms with Gasteiger partial charge in [0.15, 0.2) is 0 Å². The SMILES string of the molecule is CC1(CNC(=O)C2(N)CCOCC2)COC1. The molecule has 0 unspecified atom stereocenters. The van der Waals surface area contributed by atoms with Crippen LogP contribution in [0.15, 0.2) is 0 Å². The summed E-state index contributed by atoms with van der Waals surface area (Å²) >= 11 is 0. The Kier molecular flexibility index (Phi) is 3.19. The van der Waals surface area contributed by atoms with Gasteiger partial charge in [-0.15, -0.1) is 0 Å². The number of rotatable bonds is 3. The molecule has 0 aromatic carbocycles. The predicted octanol–water partition coefficient (Wildman–Crippen LogP) is -0.353. The van der Waals surface area contributed by atoms with Gasteiger partial charge >= 0.3 is 0 Å². The summed E-state index contributed by atoms with van der Waals surface area (Å²) in [4.78, 5) is 12.0. The number of carbonyl (C=O) groups excluding carboxylic acids is 1. The van der Waals surface area contributed by atoms with E-state index in [9.17, 15) is 4.79 Å². The van der Waals surface area contributed by atoms with Crippen molar-refractivity contribution in [3.05, 3.63) is 0 Å². The van der Waals surface area contributed by atoms with Gasteiger partial charge in [0.05, 0.1) is 18.8 Å². The molecule has 3 N–H and O–H groups in total. The maximum absolute atomic E-state index is 12.0. The third-order valence-corrected chi connectivity index (χ3v) is 3.41. The molecule has 0 bridgehead atoms. The van der Waals surface area contributed by atoms with E-state index >= 15 is 0 Å². The Labute approximate surface area is 95.7 Å². The first-order valence-electron chi connectivity index (χ1n) is 5.77. The lowest BCUT2D eigenvalue weighted by Crippen LogP contribution is -2.59. The van der Waals surface area contributed by atoms with Gasteiger partial charge in [-0.1, -0.05) is 6.92 Å². The number of amides is 1. The molecule has 0 radical (unpaired) electrons. The Bertz CT molecular complexity index is 270. The molecule has 5 nitrogen and oxygen atoms in total. The van der Waals surface area contributed by atoms with Gasteiger partial charge < -0.3 is 20.5 Å². The molecule has 2 aliphatic rings. The van der Waals surface area contributed by atoms with Crippen LogP contribution in [0.25, 0.3) is 0 Å². The Morgan fingerprint density at radius 2 is 1.94 bits per heavy atom. The maximum atomic E-state index is 12.0. The number of carbonyl (C=O) groups is 1. The van der Waals surface area contributed by atoms with E-state index in [2.05, 4.69) is 12.2 Å². The van der Waals surface area contributed by atoms with Crippen molar-refractivity contribution in [2.24, 2.45) is 11.1 Å². The zero-order valence-corrected chi connectivity index (χ0v) is 9.75. The van der Waals surface area contributed by atoms with Crippen molar-refractivity contribution < 1.29 is 14.3 Å². The third kappa shape index (κ3) is 2.36. The van der Waals surface area contributed by atoms with E-state index in [-0.39, 0.29) is 11.3 Å². The molecular weight excluding hydrogens is 208 g/mol. The van der Waals surface area contributed by atoms with Crippen molar-refractivity contribution in [3.63, 3.8) is 0 Å². The highest BCUT2D eigenvalue weighted by Crippen LogP contribution is 2.26. The lowest BCUT2D eigenvalue weighted by atomic mass is 9.86. The predicted molar refractivity (Wildman–Crippen MR) is 58.9 cm³/mol. The summed E-state index contributed by atoms with van der Waals surface area (Å²) in [5.74, 6) is -0.0519. The van der Waals surface area contributed by atoms with Gasteiger partial charge in [-0.2, -0.15) is 0 Å². The highest BCUT2D eigenvalue weighted by Gasteiger charge is 2.39. The van der Waals surface area contributed by atoms with Crippen molar-refractivity contribution in [1.29, 1.82) is 0 Å². The normalized spacial score (nSPS) is 26.9. The number of hydrogen-bond acceptors (Lipinski definition) is 4. The molecule has 1 amide bonds. The second-order valence-electron chi connectivity index (χ2n) is 5.25. The van der Waals surface area contributed by atoms with Gasteiger partial charge in [-0.05, 0) is 12.8 Å². The molecule has 0 saturated carbocycles. The molecule has 16 heavy (non-hydrogen) atoms. The van der Waals surface area contributed by atoms with E-state index in [1.807, 2.05) is 0 Å². The van der Waals surface area contributed by atoms with E-state index < -0.39 is 5.54 Å². The molecule has 0 atom stereocenters. The summed E-state index contributed by atoms with van der Waals surface area (Å²) in [6, 6.07) is 0. The Morgan fingerprint density at radius 3 is 2.44 bits per heavy atom. The first-order chi connectivity index (χ1) is 7.54. The Morgan fingerprint density at radius 1 is 1.31 bits per heavy atom. The summed E-state index contributed by atoms with van der Waals surface area (Å²) in [5, 5.41) is 2.94. The second kappa shape index (κ2) is 4.31. The molecule has 2 heterocycles. The molecule has 0 spiro atoms.